The summed E-state index contributed by atoms with van der Waals surface area (Å²) in [5.74, 6) is -2.36. The molecule has 0 aliphatic heterocycles. The topological polar surface area (TPSA) is 65.0 Å². The monoisotopic (exact) mass is 193 g/mol. The van der Waals surface area contributed by atoms with E-state index in [-0.39, 0.29) is 0 Å². The van der Waals surface area contributed by atoms with Gasteiger partial charge in [0.05, 0.1) is 0 Å². The van der Waals surface area contributed by atoms with Crippen molar-refractivity contribution in [2.75, 3.05) is 0 Å². The molecule has 0 unspecified atom stereocenters. The van der Waals surface area contributed by atoms with Crippen molar-refractivity contribution in [1.29, 1.82) is 0 Å². The van der Waals surface area contributed by atoms with Crippen molar-refractivity contribution >= 4 is 5.97 Å². The molecule has 1 heterocycles. The maximum absolute atomic E-state index is 11.6. The smallest absolute Gasteiger partial charge is 0.384 e. The van der Waals surface area contributed by atoms with Crippen LogP contribution in [0, 0.1) is 0 Å². The van der Waals surface area contributed by atoms with Crippen LogP contribution in [0.15, 0.2) is 12.7 Å². The summed E-state index contributed by atoms with van der Waals surface area (Å²) in [5, 5.41) is 0. The van der Waals surface area contributed by atoms with Crippen LogP contribution >= 0.6 is 0 Å². The van der Waals surface area contributed by atoms with E-state index in [1.165, 1.54) is 0 Å². The highest BCUT2D eigenvalue weighted by Gasteiger charge is 2.41. The van der Waals surface area contributed by atoms with Gasteiger partial charge in [-0.3, -0.25) is 0 Å². The maximum atomic E-state index is 11.6. The molecule has 0 N–H and O–H groups in total. The molecule has 0 aromatic carbocycles. The number of hydrogen-bond donors (Lipinski definition) is 0. The van der Waals surface area contributed by atoms with Gasteiger partial charge < -0.3 is 4.74 Å². The third-order valence-corrected chi connectivity index (χ3v) is 0.885. The highest BCUT2D eigenvalue weighted by molar-refractivity contribution is 5.77. The zero-order valence-corrected chi connectivity index (χ0v) is 5.95. The van der Waals surface area contributed by atoms with Gasteiger partial charge in [0.2, 0.25) is 0 Å². The summed E-state index contributed by atoms with van der Waals surface area (Å²) >= 11 is 0. The zero-order valence-electron chi connectivity index (χ0n) is 5.95. The molecule has 13 heavy (non-hydrogen) atoms. The summed E-state index contributed by atoms with van der Waals surface area (Å²) < 4.78 is 38.5. The third kappa shape index (κ3) is 2.65. The van der Waals surface area contributed by atoms with Crippen LogP contribution in [-0.2, 0) is 4.79 Å². The first-order valence-corrected chi connectivity index (χ1v) is 2.91. The number of esters is 1. The molecule has 8 heteroatoms. The van der Waals surface area contributed by atoms with E-state index in [0.29, 0.717) is 0 Å². The van der Waals surface area contributed by atoms with E-state index < -0.39 is 18.2 Å². The van der Waals surface area contributed by atoms with Gasteiger partial charge in [-0.1, -0.05) is 0 Å². The Labute approximate surface area is 69.6 Å². The molecule has 1 aromatic rings. The summed E-state index contributed by atoms with van der Waals surface area (Å²) in [4.78, 5) is 19.8. The Balaban J connectivity index is 2.66. The molecule has 0 amide bonds. The minimum absolute atomic E-state index is 0.683. The minimum Gasteiger partial charge on any atom is -0.384 e. The molecule has 0 aliphatic carbocycles. The van der Waals surface area contributed by atoms with E-state index in [1.54, 1.807) is 0 Å². The van der Waals surface area contributed by atoms with Gasteiger partial charge in [0, 0.05) is 0 Å². The highest BCUT2D eigenvalue weighted by atomic mass is 19.4. The summed E-state index contributed by atoms with van der Waals surface area (Å²) in [5.41, 5.74) is 0. The maximum Gasteiger partial charge on any atom is 0.491 e. The average molecular weight is 193 g/mol. The SMILES string of the molecule is O=C(Oc1ncncn1)C(F)(F)F. The van der Waals surface area contributed by atoms with Gasteiger partial charge in [0.25, 0.3) is 0 Å². The lowest BCUT2D eigenvalue weighted by Crippen LogP contribution is -2.28. The van der Waals surface area contributed by atoms with Crippen molar-refractivity contribution in [2.45, 2.75) is 6.18 Å². The molecular weight excluding hydrogens is 191 g/mol. The molecule has 0 aliphatic rings. The molecule has 0 atom stereocenters. The third-order valence-electron chi connectivity index (χ3n) is 0.885. The predicted molar refractivity (Wildman–Crippen MR) is 31.5 cm³/mol. The highest BCUT2D eigenvalue weighted by Crippen LogP contribution is 2.16. The lowest BCUT2D eigenvalue weighted by Gasteiger charge is -2.03. The van der Waals surface area contributed by atoms with Gasteiger partial charge in [-0.05, 0) is 0 Å². The number of rotatable bonds is 1. The Hall–Kier alpha value is -1.73. The Morgan fingerprint density at radius 3 is 2.31 bits per heavy atom. The van der Waals surface area contributed by atoms with Crippen LogP contribution < -0.4 is 4.74 Å². The number of halogens is 3. The number of carbonyl (C=O) groups is 1. The second-order valence-corrected chi connectivity index (χ2v) is 1.81. The molecule has 5 nitrogen and oxygen atoms in total. The van der Waals surface area contributed by atoms with Crippen molar-refractivity contribution in [3.63, 3.8) is 0 Å². The largest absolute Gasteiger partial charge is 0.491 e. The fourth-order valence-corrected chi connectivity index (χ4v) is 0.422. The minimum atomic E-state index is -5.05. The number of hydrogen-bond acceptors (Lipinski definition) is 5. The van der Waals surface area contributed by atoms with Crippen LogP contribution in [0.1, 0.15) is 0 Å². The van der Waals surface area contributed by atoms with Gasteiger partial charge in [0.1, 0.15) is 12.7 Å². The normalized spacial score (nSPS) is 11.0. The fourth-order valence-electron chi connectivity index (χ4n) is 0.422. The Bertz CT molecular complexity index is 300. The first-order valence-electron chi connectivity index (χ1n) is 2.91. The summed E-state index contributed by atoms with van der Waals surface area (Å²) in [6.45, 7) is 0. The lowest BCUT2D eigenvalue weighted by molar-refractivity contribution is -0.190. The second-order valence-electron chi connectivity index (χ2n) is 1.81. The molecule has 0 bridgehead atoms. The molecule has 0 spiro atoms. The number of carbonyl (C=O) groups excluding carboxylic acids is 1. The fraction of sp³-hybridized carbons (Fsp3) is 0.200. The Morgan fingerprint density at radius 1 is 1.31 bits per heavy atom. The first-order chi connectivity index (χ1) is 6.00. The van der Waals surface area contributed by atoms with Gasteiger partial charge in [-0.25, -0.2) is 9.78 Å². The molecule has 70 valence electrons. The molecular formula is C5H2F3N3O2. The van der Waals surface area contributed by atoms with E-state index in [1.807, 2.05) is 0 Å². The molecule has 0 saturated carbocycles. The van der Waals surface area contributed by atoms with E-state index >= 15 is 0 Å². The van der Waals surface area contributed by atoms with Crippen molar-refractivity contribution in [1.82, 2.24) is 15.0 Å². The number of nitrogens with zero attached hydrogens (tertiary/aromatic N) is 3. The molecule has 1 rings (SSSR count). The van der Waals surface area contributed by atoms with E-state index in [4.69, 9.17) is 0 Å². The Kier molecular flexibility index (Phi) is 2.40. The summed E-state index contributed by atoms with van der Waals surface area (Å²) in [6, 6.07) is -0.683. The van der Waals surface area contributed by atoms with E-state index in [2.05, 4.69) is 19.7 Å². The molecule has 0 radical (unpaired) electrons. The number of ether oxygens (including phenoxy) is 1. The summed E-state index contributed by atoms with van der Waals surface area (Å²) in [7, 11) is 0. The lowest BCUT2D eigenvalue weighted by atomic mass is 10.7. The van der Waals surface area contributed by atoms with E-state index in [0.717, 1.165) is 12.7 Å². The summed E-state index contributed by atoms with van der Waals surface area (Å²) in [6.07, 6.45) is -3.23. The van der Waals surface area contributed by atoms with Crippen LogP contribution in [0.25, 0.3) is 0 Å². The van der Waals surface area contributed by atoms with Crippen LogP contribution in [-0.4, -0.2) is 27.1 Å². The standard InChI is InChI=1S/C5H2F3N3O2/c6-5(7,8)3(12)13-4-10-1-9-2-11-4/h1-2H. The molecule has 1 aromatic heterocycles. The van der Waals surface area contributed by atoms with E-state index in [9.17, 15) is 18.0 Å². The van der Waals surface area contributed by atoms with Crippen LogP contribution in [0.4, 0.5) is 13.2 Å². The second kappa shape index (κ2) is 3.33. The van der Waals surface area contributed by atoms with Gasteiger partial charge in [-0.2, -0.15) is 23.1 Å². The van der Waals surface area contributed by atoms with Crippen molar-refractivity contribution in [3.05, 3.63) is 12.7 Å². The quantitative estimate of drug-likeness (QED) is 0.601. The number of aromatic nitrogens is 3. The van der Waals surface area contributed by atoms with Crippen molar-refractivity contribution in [3.8, 4) is 6.01 Å². The van der Waals surface area contributed by atoms with Gasteiger partial charge in [0.15, 0.2) is 0 Å². The Morgan fingerprint density at radius 2 is 1.85 bits per heavy atom. The molecule has 0 saturated heterocycles. The molecule has 0 fully saturated rings. The number of alkyl halides is 3. The average Bonchev–Trinajstić information content (AvgIpc) is 2.04. The first kappa shape index (κ1) is 9.36. The van der Waals surface area contributed by atoms with Crippen molar-refractivity contribution < 1.29 is 22.7 Å². The van der Waals surface area contributed by atoms with Crippen LogP contribution in [0.5, 0.6) is 6.01 Å². The predicted octanol–water partition coefficient (Wildman–Crippen LogP) is 0.339. The van der Waals surface area contributed by atoms with Crippen LogP contribution in [0.2, 0.25) is 0 Å². The van der Waals surface area contributed by atoms with Gasteiger partial charge >= 0.3 is 18.2 Å². The van der Waals surface area contributed by atoms with Gasteiger partial charge in [-0.15, -0.1) is 0 Å². The van der Waals surface area contributed by atoms with Crippen LogP contribution in [0.3, 0.4) is 0 Å². The zero-order chi connectivity index (χ0) is 9.90. The van der Waals surface area contributed by atoms with Crippen molar-refractivity contribution in [2.24, 2.45) is 0 Å².